The van der Waals surface area contributed by atoms with E-state index in [2.05, 4.69) is 112 Å². The van der Waals surface area contributed by atoms with Crippen molar-refractivity contribution in [3.63, 3.8) is 0 Å². The zero-order chi connectivity index (χ0) is 23.1. The second kappa shape index (κ2) is 8.09. The summed E-state index contributed by atoms with van der Waals surface area (Å²) in [6, 6.07) is 19.3. The maximum atomic E-state index is 4.58. The van der Waals surface area contributed by atoms with E-state index in [-0.39, 0.29) is 10.8 Å². The average molecular weight is 426 g/mol. The minimum Gasteiger partial charge on any atom is -0.256 e. The molecule has 0 fully saturated rings. The van der Waals surface area contributed by atoms with Crippen LogP contribution in [0.15, 0.2) is 71.1 Å². The number of hydrogen-bond donors (Lipinski definition) is 0. The molecule has 2 aromatic carbocycles. The summed E-state index contributed by atoms with van der Waals surface area (Å²) < 4.78 is 1.97. The summed E-state index contributed by atoms with van der Waals surface area (Å²) in [6.45, 7) is 16.3. The summed E-state index contributed by atoms with van der Waals surface area (Å²) >= 11 is 0. The maximum Gasteiger partial charge on any atom is 0.231 e. The number of aromatic nitrogens is 1. The molecule has 2 heterocycles. The van der Waals surface area contributed by atoms with Crippen molar-refractivity contribution in [1.29, 1.82) is 0 Å². The number of pyridine rings is 1. The third kappa shape index (κ3) is 4.55. The fourth-order valence-electron chi connectivity index (χ4n) is 3.87. The van der Waals surface area contributed by atoms with E-state index in [0.717, 1.165) is 33.8 Å². The van der Waals surface area contributed by atoms with Crippen molar-refractivity contribution in [2.45, 2.75) is 59.3 Å². The predicted molar refractivity (Wildman–Crippen MR) is 132 cm³/mol. The lowest BCUT2D eigenvalue weighted by Crippen LogP contribution is -2.19. The summed E-state index contributed by atoms with van der Waals surface area (Å²) in [5.74, 6) is 0. The van der Waals surface area contributed by atoms with Crippen LogP contribution in [0.5, 0.6) is 0 Å². The Morgan fingerprint density at radius 2 is 1.47 bits per heavy atom. The van der Waals surface area contributed by atoms with Gasteiger partial charge in [0.15, 0.2) is 12.2 Å². The van der Waals surface area contributed by atoms with Gasteiger partial charge in [0.2, 0.25) is 5.71 Å². The molecule has 1 aliphatic heterocycles. The second-order valence-corrected chi connectivity index (χ2v) is 10.7. The van der Waals surface area contributed by atoms with Gasteiger partial charge in [0.05, 0.1) is 10.8 Å². The van der Waals surface area contributed by atoms with Crippen molar-refractivity contribution < 1.29 is 4.70 Å². The molecule has 0 N–H and O–H groups in total. The molecule has 0 bridgehead atoms. The molecular formula is C28H33N4+. The zero-order valence-corrected chi connectivity index (χ0v) is 20.3. The molecule has 0 spiro atoms. The van der Waals surface area contributed by atoms with Crippen LogP contribution >= 0.6 is 0 Å². The van der Waals surface area contributed by atoms with Crippen molar-refractivity contribution in [3.8, 4) is 11.3 Å². The fourth-order valence-corrected chi connectivity index (χ4v) is 3.87. The number of hydrogen-bond acceptors (Lipinski definition) is 3. The standard InChI is InChI=1S/C28H33N4/c1-19-10-9-13-29-26(19)20-11-8-12-24(16-20)32-18-25(30-31-32)21-14-22(27(2,3)4)17-23(15-21)28(5,6)7/h8-17H,18H2,1-7H3/q+1. The molecule has 0 atom stereocenters. The molecule has 0 radical (unpaired) electrons. The van der Waals surface area contributed by atoms with Crippen LogP contribution in [0.3, 0.4) is 0 Å². The van der Waals surface area contributed by atoms with Crippen LogP contribution in [-0.2, 0) is 10.8 Å². The molecule has 0 saturated heterocycles. The highest BCUT2D eigenvalue weighted by Gasteiger charge is 2.28. The van der Waals surface area contributed by atoms with Crippen molar-refractivity contribution in [1.82, 2.24) is 4.98 Å². The van der Waals surface area contributed by atoms with Crippen molar-refractivity contribution in [2.24, 2.45) is 10.3 Å². The topological polar surface area (TPSA) is 40.6 Å². The largest absolute Gasteiger partial charge is 0.256 e. The number of rotatable bonds is 3. The summed E-state index contributed by atoms with van der Waals surface area (Å²) in [5.41, 5.74) is 9.23. The van der Waals surface area contributed by atoms with E-state index >= 15 is 0 Å². The highest BCUT2D eigenvalue weighted by atomic mass is 15.5. The van der Waals surface area contributed by atoms with Gasteiger partial charge < -0.3 is 0 Å². The Morgan fingerprint density at radius 1 is 0.781 bits per heavy atom. The van der Waals surface area contributed by atoms with Crippen molar-refractivity contribution in [3.05, 3.63) is 83.0 Å². The van der Waals surface area contributed by atoms with E-state index < -0.39 is 0 Å². The first-order valence-electron chi connectivity index (χ1n) is 11.3. The Morgan fingerprint density at radius 3 is 2.09 bits per heavy atom. The van der Waals surface area contributed by atoms with Gasteiger partial charge in [-0.2, -0.15) is 0 Å². The third-order valence-electron chi connectivity index (χ3n) is 6.00. The zero-order valence-electron chi connectivity index (χ0n) is 20.3. The molecule has 4 rings (SSSR count). The first-order chi connectivity index (χ1) is 15.0. The Hall–Kier alpha value is -3.14. The van der Waals surface area contributed by atoms with Gasteiger partial charge in [0.1, 0.15) is 5.22 Å². The summed E-state index contributed by atoms with van der Waals surface area (Å²) in [5, 5.41) is 9.09. The number of benzene rings is 2. The van der Waals surface area contributed by atoms with Gasteiger partial charge in [-0.15, -0.1) is 4.70 Å². The van der Waals surface area contributed by atoms with Crippen LogP contribution in [0.2, 0.25) is 0 Å². The first kappa shape index (κ1) is 22.1. The molecular weight excluding hydrogens is 392 g/mol. The van der Waals surface area contributed by atoms with Crippen LogP contribution in [-0.4, -0.2) is 21.9 Å². The molecule has 1 aromatic heterocycles. The molecule has 3 aromatic rings. The Balaban J connectivity index is 1.64. The third-order valence-corrected chi connectivity index (χ3v) is 6.00. The van der Waals surface area contributed by atoms with Gasteiger partial charge in [-0.1, -0.05) is 65.8 Å². The molecule has 32 heavy (non-hydrogen) atoms. The van der Waals surface area contributed by atoms with E-state index in [1.54, 1.807) is 0 Å². The average Bonchev–Trinajstić information content (AvgIpc) is 3.23. The van der Waals surface area contributed by atoms with Crippen LogP contribution in [0.25, 0.3) is 11.3 Å². The molecule has 0 saturated carbocycles. The number of nitrogens with zero attached hydrogens (tertiary/aromatic N) is 4. The summed E-state index contributed by atoms with van der Waals surface area (Å²) in [6.07, 6.45) is 1.84. The van der Waals surface area contributed by atoms with Crippen LogP contribution in [0.1, 0.15) is 63.8 Å². The Bertz CT molecular complexity index is 1190. The highest BCUT2D eigenvalue weighted by Crippen LogP contribution is 2.32. The molecule has 4 heteroatoms. The van der Waals surface area contributed by atoms with E-state index in [4.69, 9.17) is 0 Å². The SMILES string of the molecule is Cc1cccnc1-c1cccc([N+]2=NN=C(c3cc(C(C)(C)C)cc(C(C)(C)C)c3)C2)c1. The van der Waals surface area contributed by atoms with Crippen LogP contribution in [0, 0.1) is 6.92 Å². The summed E-state index contributed by atoms with van der Waals surface area (Å²) in [4.78, 5) is 4.57. The van der Waals surface area contributed by atoms with Gasteiger partial charge in [-0.05, 0) is 64.8 Å². The van der Waals surface area contributed by atoms with Crippen molar-refractivity contribution >= 4 is 11.4 Å². The molecule has 164 valence electrons. The van der Waals surface area contributed by atoms with E-state index in [9.17, 15) is 0 Å². The smallest absolute Gasteiger partial charge is 0.231 e. The van der Waals surface area contributed by atoms with Gasteiger partial charge in [-0.25, -0.2) is 0 Å². The Labute approximate surface area is 191 Å². The summed E-state index contributed by atoms with van der Waals surface area (Å²) in [7, 11) is 0. The van der Waals surface area contributed by atoms with Gasteiger partial charge in [0, 0.05) is 17.3 Å². The molecule has 4 nitrogen and oxygen atoms in total. The maximum absolute atomic E-state index is 4.58. The van der Waals surface area contributed by atoms with E-state index in [1.165, 1.54) is 11.1 Å². The lowest BCUT2D eigenvalue weighted by molar-refractivity contribution is -0.492. The molecule has 0 amide bonds. The van der Waals surface area contributed by atoms with Crippen molar-refractivity contribution in [2.75, 3.05) is 6.54 Å². The lowest BCUT2D eigenvalue weighted by Gasteiger charge is -2.25. The van der Waals surface area contributed by atoms with E-state index in [1.807, 2.05) is 17.0 Å². The quantitative estimate of drug-likeness (QED) is 0.410. The monoisotopic (exact) mass is 425 g/mol. The van der Waals surface area contributed by atoms with E-state index in [0.29, 0.717) is 6.54 Å². The normalized spacial score (nSPS) is 14.3. The van der Waals surface area contributed by atoms with Gasteiger partial charge in [-0.3, -0.25) is 4.98 Å². The minimum atomic E-state index is 0.0703. The first-order valence-corrected chi connectivity index (χ1v) is 11.3. The number of aryl methyl sites for hydroxylation is 1. The highest BCUT2D eigenvalue weighted by molar-refractivity contribution is 6.02. The molecule has 0 aliphatic carbocycles. The molecule has 0 unspecified atom stereocenters. The van der Waals surface area contributed by atoms with Gasteiger partial charge in [0.25, 0.3) is 0 Å². The fraction of sp³-hybridized carbons (Fsp3) is 0.357. The second-order valence-electron chi connectivity index (χ2n) is 10.7. The molecule has 1 aliphatic rings. The van der Waals surface area contributed by atoms with Crippen LogP contribution in [0.4, 0.5) is 5.69 Å². The van der Waals surface area contributed by atoms with Crippen LogP contribution < -0.4 is 0 Å². The Kier molecular flexibility index (Phi) is 5.58. The minimum absolute atomic E-state index is 0.0703. The van der Waals surface area contributed by atoms with Gasteiger partial charge >= 0.3 is 0 Å². The predicted octanol–water partition coefficient (Wildman–Crippen LogP) is 7.17. The lowest BCUT2D eigenvalue weighted by atomic mass is 9.79.